The van der Waals surface area contributed by atoms with Crippen molar-refractivity contribution in [2.24, 2.45) is 5.41 Å². The molecule has 0 spiro atoms. The summed E-state index contributed by atoms with van der Waals surface area (Å²) in [6.07, 6.45) is 1.25. The van der Waals surface area contributed by atoms with E-state index >= 15 is 0 Å². The molecule has 0 radical (unpaired) electrons. The number of amides is 1. The normalized spacial score (nSPS) is 26.1. The number of alkyl carbamates (subject to hydrolysis) is 1. The van der Waals surface area contributed by atoms with Gasteiger partial charge in [0.15, 0.2) is 0 Å². The predicted octanol–water partition coefficient (Wildman–Crippen LogP) is 1.42. The fourth-order valence-electron chi connectivity index (χ4n) is 2.25. The molecule has 0 aromatic carbocycles. The molecule has 0 saturated carbocycles. The van der Waals surface area contributed by atoms with E-state index in [4.69, 9.17) is 4.74 Å². The van der Waals surface area contributed by atoms with Gasteiger partial charge in [-0.05, 0) is 6.42 Å². The van der Waals surface area contributed by atoms with Crippen molar-refractivity contribution in [1.82, 2.24) is 5.32 Å². The number of cyclic esters (lactones) is 1. The number of aliphatic hydroxyl groups is 2. The van der Waals surface area contributed by atoms with Gasteiger partial charge in [0.2, 0.25) is 0 Å². The second-order valence-corrected chi connectivity index (χ2v) is 5.74. The highest BCUT2D eigenvalue weighted by Gasteiger charge is 2.43. The number of nitrogens with one attached hydrogen (secondary N) is 1. The number of hydrogen-bond donors (Lipinski definition) is 3. The molecule has 0 unspecified atom stereocenters. The summed E-state index contributed by atoms with van der Waals surface area (Å²) in [6.45, 7) is 6.14. The van der Waals surface area contributed by atoms with Crippen LogP contribution in [0.15, 0.2) is 0 Å². The number of ether oxygens (including phenoxy) is 1. The first-order valence-electron chi connectivity index (χ1n) is 6.68. The summed E-state index contributed by atoms with van der Waals surface area (Å²) in [5.74, 6) is 0. The van der Waals surface area contributed by atoms with Gasteiger partial charge in [-0.15, -0.1) is 0 Å². The molecule has 3 N–H and O–H groups in total. The Labute approximate surface area is 109 Å². The van der Waals surface area contributed by atoms with Crippen molar-refractivity contribution in [3.8, 4) is 0 Å². The molecule has 1 amide bonds. The Balaban J connectivity index is 2.56. The number of hydrogen-bond acceptors (Lipinski definition) is 4. The number of carbonyl (C=O) groups is 1. The van der Waals surface area contributed by atoms with Crippen LogP contribution in [0.3, 0.4) is 0 Å². The maximum Gasteiger partial charge on any atom is 0.407 e. The van der Waals surface area contributed by atoms with Gasteiger partial charge in [0.05, 0.1) is 12.1 Å². The minimum absolute atomic E-state index is 0.252. The zero-order chi connectivity index (χ0) is 13.8. The van der Waals surface area contributed by atoms with E-state index in [0.29, 0.717) is 6.42 Å². The van der Waals surface area contributed by atoms with Gasteiger partial charge in [-0.2, -0.15) is 0 Å². The number of aliphatic hydroxyl groups excluding tert-OH is 2. The molecule has 5 heteroatoms. The average Bonchev–Trinajstić information content (AvgIpc) is 2.31. The molecule has 0 aromatic heterocycles. The van der Waals surface area contributed by atoms with Crippen molar-refractivity contribution >= 4 is 6.09 Å². The topological polar surface area (TPSA) is 78.8 Å². The van der Waals surface area contributed by atoms with Crippen LogP contribution in [0.4, 0.5) is 4.79 Å². The molecule has 1 saturated heterocycles. The van der Waals surface area contributed by atoms with Gasteiger partial charge in [-0.25, -0.2) is 4.79 Å². The minimum atomic E-state index is -0.954. The third-order valence-corrected chi connectivity index (χ3v) is 3.53. The maximum atomic E-state index is 11.2. The summed E-state index contributed by atoms with van der Waals surface area (Å²) in [5.41, 5.74) is -0.390. The van der Waals surface area contributed by atoms with Crippen LogP contribution in [0.25, 0.3) is 0 Å². The summed E-state index contributed by atoms with van der Waals surface area (Å²) in [5, 5.41) is 22.8. The summed E-state index contributed by atoms with van der Waals surface area (Å²) in [6, 6.07) is -0.477. The Morgan fingerprint density at radius 2 is 2.11 bits per heavy atom. The minimum Gasteiger partial charge on any atom is -0.449 e. The maximum absolute atomic E-state index is 11.2. The third kappa shape index (κ3) is 3.85. The Hall–Kier alpha value is -0.810. The van der Waals surface area contributed by atoms with Crippen LogP contribution in [0.5, 0.6) is 0 Å². The predicted molar refractivity (Wildman–Crippen MR) is 68.2 cm³/mol. The van der Waals surface area contributed by atoms with Gasteiger partial charge >= 0.3 is 6.09 Å². The van der Waals surface area contributed by atoms with Crippen LogP contribution in [-0.2, 0) is 4.74 Å². The summed E-state index contributed by atoms with van der Waals surface area (Å²) in [4.78, 5) is 11.2. The highest BCUT2D eigenvalue weighted by Crippen LogP contribution is 2.28. The van der Waals surface area contributed by atoms with Crippen LogP contribution >= 0.6 is 0 Å². The highest BCUT2D eigenvalue weighted by molar-refractivity contribution is 5.68. The molecule has 1 fully saturated rings. The zero-order valence-electron chi connectivity index (χ0n) is 11.5. The Morgan fingerprint density at radius 3 is 2.72 bits per heavy atom. The van der Waals surface area contributed by atoms with E-state index in [9.17, 15) is 15.0 Å². The monoisotopic (exact) mass is 259 g/mol. The molecule has 5 nitrogen and oxygen atoms in total. The van der Waals surface area contributed by atoms with Gasteiger partial charge in [-0.3, -0.25) is 0 Å². The lowest BCUT2D eigenvalue weighted by Gasteiger charge is -2.42. The molecule has 18 heavy (non-hydrogen) atoms. The van der Waals surface area contributed by atoms with Crippen molar-refractivity contribution in [2.75, 3.05) is 6.61 Å². The van der Waals surface area contributed by atoms with E-state index in [1.54, 1.807) is 0 Å². The lowest BCUT2D eigenvalue weighted by atomic mass is 9.79. The van der Waals surface area contributed by atoms with Gasteiger partial charge in [-0.1, -0.05) is 40.0 Å². The van der Waals surface area contributed by atoms with Crippen molar-refractivity contribution in [1.29, 1.82) is 0 Å². The van der Waals surface area contributed by atoms with Crippen molar-refractivity contribution in [3.63, 3.8) is 0 Å². The van der Waals surface area contributed by atoms with E-state index < -0.39 is 24.3 Å². The molecule has 0 bridgehead atoms. The number of rotatable bonds is 6. The smallest absolute Gasteiger partial charge is 0.407 e. The van der Waals surface area contributed by atoms with Gasteiger partial charge in [0.1, 0.15) is 12.7 Å². The first-order valence-corrected chi connectivity index (χ1v) is 6.68. The van der Waals surface area contributed by atoms with E-state index in [1.165, 1.54) is 0 Å². The van der Waals surface area contributed by atoms with Crippen LogP contribution in [0.2, 0.25) is 0 Å². The van der Waals surface area contributed by atoms with Crippen molar-refractivity contribution in [2.45, 2.75) is 64.7 Å². The SMILES string of the molecule is CCCCC[C@@H](O)[C@H](O)[C@@H]1NC(=O)OCC1(C)C. The third-order valence-electron chi connectivity index (χ3n) is 3.53. The average molecular weight is 259 g/mol. The fourth-order valence-corrected chi connectivity index (χ4v) is 2.25. The van der Waals surface area contributed by atoms with Crippen molar-refractivity contribution in [3.05, 3.63) is 0 Å². The van der Waals surface area contributed by atoms with Crippen LogP contribution in [-0.4, -0.2) is 41.2 Å². The molecule has 1 aliphatic heterocycles. The largest absolute Gasteiger partial charge is 0.449 e. The second-order valence-electron chi connectivity index (χ2n) is 5.74. The molecule has 1 rings (SSSR count). The van der Waals surface area contributed by atoms with Crippen LogP contribution in [0, 0.1) is 5.41 Å². The van der Waals surface area contributed by atoms with E-state index in [2.05, 4.69) is 12.2 Å². The number of unbranched alkanes of at least 4 members (excludes halogenated alkanes) is 2. The van der Waals surface area contributed by atoms with Gasteiger partial charge < -0.3 is 20.3 Å². The molecule has 106 valence electrons. The highest BCUT2D eigenvalue weighted by atomic mass is 16.6. The van der Waals surface area contributed by atoms with Crippen LogP contribution in [0.1, 0.15) is 46.5 Å². The van der Waals surface area contributed by atoms with E-state index in [0.717, 1.165) is 19.3 Å². The molecule has 1 aliphatic rings. The number of carbonyl (C=O) groups excluding carboxylic acids is 1. The Kier molecular flexibility index (Phi) is 5.41. The van der Waals surface area contributed by atoms with Crippen molar-refractivity contribution < 1.29 is 19.7 Å². The lowest BCUT2D eigenvalue weighted by Crippen LogP contribution is -2.61. The first kappa shape index (κ1) is 15.2. The quantitative estimate of drug-likeness (QED) is 0.630. The molecule has 0 aromatic rings. The lowest BCUT2D eigenvalue weighted by molar-refractivity contribution is -0.0639. The Morgan fingerprint density at radius 1 is 1.44 bits per heavy atom. The molecule has 3 atom stereocenters. The molecular formula is C13H25NO4. The standard InChI is InChI=1S/C13H25NO4/c1-4-5-6-7-9(15)10(16)11-13(2,3)8-18-12(17)14-11/h9-11,15-16H,4-8H2,1-3H3,(H,14,17)/t9-,10+,11+/m1/s1. The van der Waals surface area contributed by atoms with Gasteiger partial charge in [0.25, 0.3) is 0 Å². The van der Waals surface area contributed by atoms with Gasteiger partial charge in [0, 0.05) is 5.41 Å². The first-order chi connectivity index (χ1) is 8.38. The van der Waals surface area contributed by atoms with Crippen LogP contribution < -0.4 is 5.32 Å². The van der Waals surface area contributed by atoms with E-state index in [-0.39, 0.29) is 12.0 Å². The zero-order valence-corrected chi connectivity index (χ0v) is 11.5. The van der Waals surface area contributed by atoms with E-state index in [1.807, 2.05) is 13.8 Å². The molecular weight excluding hydrogens is 234 g/mol. The summed E-state index contributed by atoms with van der Waals surface area (Å²) >= 11 is 0. The molecule has 1 heterocycles. The summed E-state index contributed by atoms with van der Waals surface area (Å²) in [7, 11) is 0. The fraction of sp³-hybridized carbons (Fsp3) is 0.923. The summed E-state index contributed by atoms with van der Waals surface area (Å²) < 4.78 is 4.91. The Bertz CT molecular complexity index is 280. The second kappa shape index (κ2) is 6.38. The molecule has 0 aliphatic carbocycles.